The fourth-order valence-electron chi connectivity index (χ4n) is 2.69. The van der Waals surface area contributed by atoms with Gasteiger partial charge in [-0.25, -0.2) is 14.4 Å². The van der Waals surface area contributed by atoms with Gasteiger partial charge in [-0.2, -0.15) is 0 Å². The highest BCUT2D eigenvalue weighted by Gasteiger charge is 2.17. The maximum absolute atomic E-state index is 15.3. The Hall–Kier alpha value is -3.80. The van der Waals surface area contributed by atoms with Crippen LogP contribution >= 0.6 is 0 Å². The number of nitrogen functional groups attached to an aromatic ring is 1. The summed E-state index contributed by atoms with van der Waals surface area (Å²) in [6.45, 7) is 0. The van der Waals surface area contributed by atoms with Crippen LogP contribution in [-0.2, 0) is 0 Å². The van der Waals surface area contributed by atoms with Gasteiger partial charge in [-0.3, -0.25) is 4.98 Å². The average Bonchev–Trinajstić information content (AvgIpc) is 2.70. The first-order chi connectivity index (χ1) is 13.2. The average molecular weight is 358 g/mol. The highest BCUT2D eigenvalue weighted by Crippen LogP contribution is 2.35. The Labute approximate surface area is 155 Å². The predicted molar refractivity (Wildman–Crippen MR) is 102 cm³/mol. The largest absolute Gasteiger partial charge is 0.438 e. The minimum Gasteiger partial charge on any atom is -0.438 e. The number of benzene rings is 2. The molecule has 0 aliphatic heterocycles. The van der Waals surface area contributed by atoms with E-state index < -0.39 is 5.82 Å². The van der Waals surface area contributed by atoms with Gasteiger partial charge >= 0.3 is 0 Å². The van der Waals surface area contributed by atoms with E-state index in [9.17, 15) is 0 Å². The molecule has 0 unspecified atom stereocenters. The third-order valence-corrected chi connectivity index (χ3v) is 3.97. The molecule has 0 bridgehead atoms. The van der Waals surface area contributed by atoms with Crippen molar-refractivity contribution in [3.63, 3.8) is 0 Å². The van der Waals surface area contributed by atoms with Gasteiger partial charge in [0.15, 0.2) is 0 Å². The van der Waals surface area contributed by atoms with E-state index in [2.05, 4.69) is 15.0 Å². The Kier molecular flexibility index (Phi) is 4.45. The number of hydrogen-bond acceptors (Lipinski definition) is 5. The van der Waals surface area contributed by atoms with Gasteiger partial charge in [0.1, 0.15) is 17.4 Å². The Morgan fingerprint density at radius 1 is 0.741 bits per heavy atom. The molecule has 0 aliphatic rings. The Morgan fingerprint density at radius 3 is 2.30 bits per heavy atom. The van der Waals surface area contributed by atoms with Gasteiger partial charge in [0.25, 0.3) is 0 Å². The van der Waals surface area contributed by atoms with Crippen LogP contribution in [0, 0.1) is 5.82 Å². The van der Waals surface area contributed by atoms with Crippen LogP contribution in [0.15, 0.2) is 79.3 Å². The number of anilines is 1. The maximum atomic E-state index is 15.3. The topological polar surface area (TPSA) is 73.9 Å². The van der Waals surface area contributed by atoms with Crippen molar-refractivity contribution in [1.29, 1.82) is 0 Å². The van der Waals surface area contributed by atoms with Crippen LogP contribution in [0.3, 0.4) is 0 Å². The zero-order valence-electron chi connectivity index (χ0n) is 14.2. The van der Waals surface area contributed by atoms with E-state index in [1.807, 2.05) is 30.3 Å². The number of hydrogen-bond donors (Lipinski definition) is 1. The zero-order valence-corrected chi connectivity index (χ0v) is 14.2. The summed E-state index contributed by atoms with van der Waals surface area (Å²) in [7, 11) is 0. The minimum absolute atomic E-state index is 0.279. The quantitative estimate of drug-likeness (QED) is 0.571. The summed E-state index contributed by atoms with van der Waals surface area (Å²) in [6.07, 6.45) is 4.45. The molecule has 2 N–H and O–H groups in total. The van der Waals surface area contributed by atoms with Gasteiger partial charge in [-0.05, 0) is 30.3 Å². The van der Waals surface area contributed by atoms with Crippen LogP contribution in [-0.4, -0.2) is 15.0 Å². The first kappa shape index (κ1) is 16.7. The Balaban J connectivity index is 1.78. The van der Waals surface area contributed by atoms with Crippen molar-refractivity contribution in [3.05, 3.63) is 85.1 Å². The maximum Gasteiger partial charge on any atom is 0.227 e. The molecule has 5 nitrogen and oxygen atoms in total. The van der Waals surface area contributed by atoms with E-state index >= 15 is 4.39 Å². The lowest BCUT2D eigenvalue weighted by molar-refractivity contribution is 0.464. The van der Waals surface area contributed by atoms with Crippen LogP contribution in [0.2, 0.25) is 0 Å². The molecule has 0 spiro atoms. The standard InChI is InChI=1S/C21H15FN4O/c22-20-15(8-4-9-17(20)18-12-26-19(23)13-25-18)16-10-5-11-24-21(16)27-14-6-2-1-3-7-14/h1-13H,(H2,23,26). The number of aromatic nitrogens is 3. The molecule has 6 heteroatoms. The molecule has 0 radical (unpaired) electrons. The number of nitrogens with zero attached hydrogens (tertiary/aromatic N) is 3. The summed E-state index contributed by atoms with van der Waals surface area (Å²) in [5, 5.41) is 0. The summed E-state index contributed by atoms with van der Waals surface area (Å²) in [6, 6.07) is 17.8. The van der Waals surface area contributed by atoms with Crippen molar-refractivity contribution in [2.24, 2.45) is 0 Å². The van der Waals surface area contributed by atoms with Gasteiger partial charge in [-0.15, -0.1) is 0 Å². The molecule has 0 saturated heterocycles. The fourth-order valence-corrected chi connectivity index (χ4v) is 2.69. The number of nitrogens with two attached hydrogens (primary N) is 1. The SMILES string of the molecule is Nc1cnc(-c2cccc(-c3cccnc3Oc3ccccc3)c2F)cn1. The zero-order chi connectivity index (χ0) is 18.6. The van der Waals surface area contributed by atoms with E-state index in [0.29, 0.717) is 34.0 Å². The lowest BCUT2D eigenvalue weighted by Crippen LogP contribution is -1.97. The number of para-hydroxylation sites is 1. The van der Waals surface area contributed by atoms with Crippen LogP contribution in [0.1, 0.15) is 0 Å². The highest BCUT2D eigenvalue weighted by molar-refractivity contribution is 5.75. The van der Waals surface area contributed by atoms with Crippen LogP contribution in [0.4, 0.5) is 10.2 Å². The van der Waals surface area contributed by atoms with Crippen LogP contribution in [0.25, 0.3) is 22.4 Å². The number of halogens is 1. The second-order valence-corrected chi connectivity index (χ2v) is 5.76. The molecule has 4 rings (SSSR count). The minimum atomic E-state index is -0.428. The first-order valence-corrected chi connectivity index (χ1v) is 8.27. The van der Waals surface area contributed by atoms with Gasteiger partial charge in [0.05, 0.1) is 18.1 Å². The van der Waals surface area contributed by atoms with Crippen molar-refractivity contribution >= 4 is 5.82 Å². The third kappa shape index (κ3) is 3.46. The summed E-state index contributed by atoms with van der Waals surface area (Å²) in [5.41, 5.74) is 7.21. The van der Waals surface area contributed by atoms with E-state index in [1.54, 1.807) is 36.5 Å². The summed E-state index contributed by atoms with van der Waals surface area (Å²) < 4.78 is 21.1. The monoisotopic (exact) mass is 358 g/mol. The van der Waals surface area contributed by atoms with Crippen molar-refractivity contribution < 1.29 is 9.13 Å². The predicted octanol–water partition coefficient (Wildman–Crippen LogP) is 4.72. The lowest BCUT2D eigenvalue weighted by atomic mass is 10.0. The Morgan fingerprint density at radius 2 is 1.52 bits per heavy atom. The van der Waals surface area contributed by atoms with Crippen molar-refractivity contribution in [2.75, 3.05) is 5.73 Å². The summed E-state index contributed by atoms with van der Waals surface area (Å²) in [5.74, 6) is 0.796. The number of ether oxygens (including phenoxy) is 1. The van der Waals surface area contributed by atoms with E-state index in [-0.39, 0.29) is 5.82 Å². The normalized spacial score (nSPS) is 10.6. The molecule has 132 valence electrons. The molecule has 27 heavy (non-hydrogen) atoms. The molecule has 2 heterocycles. The van der Waals surface area contributed by atoms with E-state index in [1.165, 1.54) is 12.4 Å². The fraction of sp³-hybridized carbons (Fsp3) is 0. The third-order valence-electron chi connectivity index (χ3n) is 3.97. The first-order valence-electron chi connectivity index (χ1n) is 8.27. The number of rotatable bonds is 4. The molecule has 0 aliphatic carbocycles. The van der Waals surface area contributed by atoms with Crippen molar-refractivity contribution in [1.82, 2.24) is 15.0 Å². The second kappa shape index (κ2) is 7.21. The van der Waals surface area contributed by atoms with Crippen LogP contribution in [0.5, 0.6) is 11.6 Å². The summed E-state index contributed by atoms with van der Waals surface area (Å²) >= 11 is 0. The van der Waals surface area contributed by atoms with Gasteiger partial charge < -0.3 is 10.5 Å². The molecule has 0 atom stereocenters. The molecular formula is C21H15FN4O. The van der Waals surface area contributed by atoms with E-state index in [0.717, 1.165) is 0 Å². The molecule has 0 saturated carbocycles. The van der Waals surface area contributed by atoms with Gasteiger partial charge in [-0.1, -0.05) is 30.3 Å². The molecular weight excluding hydrogens is 343 g/mol. The second-order valence-electron chi connectivity index (χ2n) is 5.76. The Bertz CT molecular complexity index is 1070. The highest BCUT2D eigenvalue weighted by atomic mass is 19.1. The lowest BCUT2D eigenvalue weighted by Gasteiger charge is -2.12. The van der Waals surface area contributed by atoms with Gasteiger partial charge in [0, 0.05) is 22.9 Å². The van der Waals surface area contributed by atoms with Crippen molar-refractivity contribution in [2.45, 2.75) is 0 Å². The van der Waals surface area contributed by atoms with E-state index in [4.69, 9.17) is 10.5 Å². The van der Waals surface area contributed by atoms with Crippen LogP contribution < -0.4 is 10.5 Å². The smallest absolute Gasteiger partial charge is 0.227 e. The molecule has 2 aromatic carbocycles. The summed E-state index contributed by atoms with van der Waals surface area (Å²) in [4.78, 5) is 12.4. The molecule has 0 amide bonds. The van der Waals surface area contributed by atoms with Crippen molar-refractivity contribution in [3.8, 4) is 34.0 Å². The molecule has 4 aromatic rings. The number of pyridine rings is 1. The molecule has 2 aromatic heterocycles. The molecule has 0 fully saturated rings. The van der Waals surface area contributed by atoms with Gasteiger partial charge in [0.2, 0.25) is 5.88 Å².